The van der Waals surface area contributed by atoms with Gasteiger partial charge in [0.05, 0.1) is 5.52 Å². The zero-order chi connectivity index (χ0) is 23.7. The Morgan fingerprint density at radius 2 is 1.74 bits per heavy atom. The van der Waals surface area contributed by atoms with Gasteiger partial charge in [0.1, 0.15) is 11.3 Å². The maximum Gasteiger partial charge on any atom is 0.275 e. The van der Waals surface area contributed by atoms with E-state index in [2.05, 4.69) is 5.43 Å². The molecule has 2 aromatic rings. The zero-order valence-corrected chi connectivity index (χ0v) is 20.5. The fourth-order valence-electron chi connectivity index (χ4n) is 9.18. The quantitative estimate of drug-likeness (QED) is 0.662. The molecular formula is C29H37N3O3. The van der Waals surface area contributed by atoms with Gasteiger partial charge in [0.25, 0.3) is 11.5 Å². The normalized spacial score (nSPS) is 34.7. The Labute approximate surface area is 206 Å². The van der Waals surface area contributed by atoms with Crippen LogP contribution in [0.3, 0.4) is 0 Å². The van der Waals surface area contributed by atoms with Crippen LogP contribution in [0.4, 0.5) is 0 Å². The van der Waals surface area contributed by atoms with E-state index in [1.54, 1.807) is 4.57 Å². The van der Waals surface area contributed by atoms with E-state index in [1.807, 2.05) is 29.3 Å². The zero-order valence-electron chi connectivity index (χ0n) is 20.5. The summed E-state index contributed by atoms with van der Waals surface area (Å²) in [6.07, 6.45) is 12.1. The SMILES string of the molecule is O=C(NN1CCC(C2C3CC4CC(C3)C2C4)C1)c1c(O)c2ccccc2n(C2CCCCC2)c1=O. The molecule has 1 aromatic carbocycles. The summed E-state index contributed by atoms with van der Waals surface area (Å²) >= 11 is 0. The fourth-order valence-corrected chi connectivity index (χ4v) is 9.18. The van der Waals surface area contributed by atoms with Crippen molar-refractivity contribution in [1.29, 1.82) is 0 Å². The number of hydrogen-bond acceptors (Lipinski definition) is 4. The van der Waals surface area contributed by atoms with E-state index in [9.17, 15) is 14.7 Å². The summed E-state index contributed by atoms with van der Waals surface area (Å²) in [5.41, 5.74) is 3.31. The van der Waals surface area contributed by atoms with Gasteiger partial charge in [-0.3, -0.25) is 15.0 Å². The van der Waals surface area contributed by atoms with E-state index >= 15 is 0 Å². The van der Waals surface area contributed by atoms with Crippen LogP contribution in [0.15, 0.2) is 29.1 Å². The molecular weight excluding hydrogens is 438 g/mol. The van der Waals surface area contributed by atoms with Gasteiger partial charge in [0.2, 0.25) is 0 Å². The molecule has 0 radical (unpaired) electrons. The first-order valence-corrected chi connectivity index (χ1v) is 14.0. The summed E-state index contributed by atoms with van der Waals surface area (Å²) in [5.74, 6) is 4.56. The summed E-state index contributed by atoms with van der Waals surface area (Å²) in [7, 11) is 0. The van der Waals surface area contributed by atoms with E-state index in [0.29, 0.717) is 11.3 Å². The van der Waals surface area contributed by atoms with E-state index in [1.165, 1.54) is 32.1 Å². The minimum Gasteiger partial charge on any atom is -0.506 e. The largest absolute Gasteiger partial charge is 0.506 e. The van der Waals surface area contributed by atoms with Gasteiger partial charge in [0.15, 0.2) is 0 Å². The minimum absolute atomic E-state index is 0.0810. The lowest BCUT2D eigenvalue weighted by molar-refractivity contribution is 0.0791. The van der Waals surface area contributed by atoms with Crippen LogP contribution in [0.2, 0.25) is 0 Å². The smallest absolute Gasteiger partial charge is 0.275 e. The molecule has 1 aliphatic heterocycles. The van der Waals surface area contributed by atoms with Crippen LogP contribution >= 0.6 is 0 Å². The first kappa shape index (κ1) is 21.9. The van der Waals surface area contributed by atoms with Gasteiger partial charge in [-0.25, -0.2) is 5.01 Å². The van der Waals surface area contributed by atoms with Crippen molar-refractivity contribution >= 4 is 16.8 Å². The number of carbonyl (C=O) groups is 1. The summed E-state index contributed by atoms with van der Waals surface area (Å²) < 4.78 is 1.79. The summed E-state index contributed by atoms with van der Waals surface area (Å²) in [5, 5.41) is 13.7. The van der Waals surface area contributed by atoms with Crippen LogP contribution in [0.1, 0.15) is 80.6 Å². The van der Waals surface area contributed by atoms with Crippen molar-refractivity contribution in [3.63, 3.8) is 0 Å². The number of benzene rings is 1. The van der Waals surface area contributed by atoms with Crippen LogP contribution in [-0.2, 0) is 0 Å². The molecule has 35 heavy (non-hydrogen) atoms. The number of para-hydroxylation sites is 1. The maximum absolute atomic E-state index is 13.7. The van der Waals surface area contributed by atoms with Gasteiger partial charge < -0.3 is 9.67 Å². The predicted molar refractivity (Wildman–Crippen MR) is 135 cm³/mol. The van der Waals surface area contributed by atoms with Crippen molar-refractivity contribution in [3.05, 3.63) is 40.2 Å². The highest BCUT2D eigenvalue weighted by Gasteiger charge is 2.56. The highest BCUT2D eigenvalue weighted by atomic mass is 16.3. The Kier molecular flexibility index (Phi) is 5.23. The van der Waals surface area contributed by atoms with Gasteiger partial charge in [-0.2, -0.15) is 0 Å². The predicted octanol–water partition coefficient (Wildman–Crippen LogP) is 4.86. The molecule has 5 saturated carbocycles. The van der Waals surface area contributed by atoms with Crippen molar-refractivity contribution in [2.45, 2.75) is 70.3 Å². The fraction of sp³-hybridized carbons (Fsp3) is 0.655. The Balaban J connectivity index is 1.15. The second-order valence-electron chi connectivity index (χ2n) is 12.2. The van der Waals surface area contributed by atoms with Crippen molar-refractivity contribution in [2.24, 2.45) is 35.5 Å². The van der Waals surface area contributed by atoms with E-state index in [0.717, 1.165) is 80.3 Å². The van der Waals surface area contributed by atoms with E-state index in [-0.39, 0.29) is 22.9 Å². The molecule has 1 aromatic heterocycles. The van der Waals surface area contributed by atoms with Crippen molar-refractivity contribution in [1.82, 2.24) is 15.0 Å². The van der Waals surface area contributed by atoms with Crippen molar-refractivity contribution in [2.75, 3.05) is 13.1 Å². The molecule has 1 saturated heterocycles. The van der Waals surface area contributed by atoms with Gasteiger partial charge in [-0.05, 0) is 92.6 Å². The lowest BCUT2D eigenvalue weighted by atomic mass is 9.70. The molecule has 8 rings (SSSR count). The first-order valence-electron chi connectivity index (χ1n) is 14.0. The van der Waals surface area contributed by atoms with Gasteiger partial charge in [0, 0.05) is 24.5 Å². The lowest BCUT2D eigenvalue weighted by Crippen LogP contribution is -2.44. The van der Waals surface area contributed by atoms with E-state index < -0.39 is 5.91 Å². The number of aromatic hydroxyl groups is 1. The van der Waals surface area contributed by atoms with Crippen LogP contribution in [0.25, 0.3) is 10.9 Å². The monoisotopic (exact) mass is 475 g/mol. The molecule has 6 nitrogen and oxygen atoms in total. The average Bonchev–Trinajstić information content (AvgIpc) is 3.50. The third-order valence-corrected chi connectivity index (χ3v) is 10.4. The molecule has 1 amide bonds. The molecule has 0 spiro atoms. The Morgan fingerprint density at radius 1 is 0.943 bits per heavy atom. The molecule has 6 aliphatic rings. The van der Waals surface area contributed by atoms with Gasteiger partial charge in [-0.15, -0.1) is 0 Å². The number of hydrazine groups is 1. The molecule has 5 aliphatic carbocycles. The number of fused-ring (bicyclic) bond motifs is 1. The second-order valence-corrected chi connectivity index (χ2v) is 12.2. The third kappa shape index (κ3) is 3.46. The number of carbonyl (C=O) groups excluding carboxylic acids is 1. The number of aromatic nitrogens is 1. The third-order valence-electron chi connectivity index (χ3n) is 10.4. The Hall–Kier alpha value is -2.34. The lowest BCUT2D eigenvalue weighted by Gasteiger charge is -2.36. The van der Waals surface area contributed by atoms with Gasteiger partial charge >= 0.3 is 0 Å². The highest BCUT2D eigenvalue weighted by Crippen LogP contribution is 2.63. The molecule has 6 unspecified atom stereocenters. The molecule has 6 fully saturated rings. The van der Waals surface area contributed by atoms with Crippen molar-refractivity contribution in [3.8, 4) is 5.75 Å². The molecule has 186 valence electrons. The van der Waals surface area contributed by atoms with Crippen molar-refractivity contribution < 1.29 is 9.90 Å². The summed E-state index contributed by atoms with van der Waals surface area (Å²) in [6, 6.07) is 7.54. The molecule has 2 N–H and O–H groups in total. The standard InChI is InChI=1S/C29H37N3O3/c33-27-22-8-4-5-9-24(22)32(21-6-2-1-3-7-21)29(35)26(27)28(34)30-31-11-10-18(16-31)25-20-13-17-12-19(15-20)23(25)14-17/h4-5,8-9,17-21,23,25,33H,1-3,6-7,10-16H2,(H,30,34). The van der Waals surface area contributed by atoms with Crippen LogP contribution in [0.5, 0.6) is 5.75 Å². The Bertz CT molecular complexity index is 1210. The highest BCUT2D eigenvalue weighted by molar-refractivity contribution is 6.02. The second kappa shape index (κ2) is 8.36. The molecule has 4 bridgehead atoms. The van der Waals surface area contributed by atoms with E-state index in [4.69, 9.17) is 0 Å². The number of hydrogen-bond donors (Lipinski definition) is 2. The Morgan fingerprint density at radius 3 is 2.57 bits per heavy atom. The van der Waals surface area contributed by atoms with Gasteiger partial charge in [-0.1, -0.05) is 31.4 Å². The molecule has 6 atom stereocenters. The van der Waals surface area contributed by atoms with Crippen LogP contribution in [0, 0.1) is 35.5 Å². The average molecular weight is 476 g/mol. The summed E-state index contributed by atoms with van der Waals surface area (Å²) in [6.45, 7) is 1.69. The number of nitrogens with zero attached hydrogens (tertiary/aromatic N) is 2. The van der Waals surface area contributed by atoms with Crippen LogP contribution < -0.4 is 11.0 Å². The molecule has 2 heterocycles. The molecule has 6 heteroatoms. The first-order chi connectivity index (χ1) is 17.1. The number of rotatable bonds is 4. The number of nitrogens with one attached hydrogen (secondary N) is 1. The summed E-state index contributed by atoms with van der Waals surface area (Å²) in [4.78, 5) is 27.2. The number of amides is 1. The maximum atomic E-state index is 13.7. The topological polar surface area (TPSA) is 74.6 Å². The van der Waals surface area contributed by atoms with Crippen LogP contribution in [-0.4, -0.2) is 33.7 Å². The minimum atomic E-state index is -0.461. The number of pyridine rings is 1.